The maximum absolute atomic E-state index is 13.3. The number of rotatable bonds is 5. The van der Waals surface area contributed by atoms with Gasteiger partial charge < -0.3 is 15.1 Å². The van der Waals surface area contributed by atoms with Crippen molar-refractivity contribution in [1.29, 1.82) is 0 Å². The SMILES string of the molecule is CC(/C=C1\CSc2ccccc2N1C)=c1\s/c(=C2\SC(=S)N(CC(=O)O)C2=O)n(CC(=O)O)c1=O. The van der Waals surface area contributed by atoms with Crippen molar-refractivity contribution in [2.45, 2.75) is 18.4 Å². The molecule has 2 aromatic rings. The molecule has 0 saturated carbocycles. The van der Waals surface area contributed by atoms with Crippen LogP contribution in [0.1, 0.15) is 6.92 Å². The van der Waals surface area contributed by atoms with E-state index in [0.29, 0.717) is 15.9 Å². The minimum atomic E-state index is -1.24. The van der Waals surface area contributed by atoms with Gasteiger partial charge in [-0.1, -0.05) is 36.1 Å². The average molecular weight is 550 g/mol. The summed E-state index contributed by atoms with van der Waals surface area (Å²) in [6, 6.07) is 7.99. The molecule has 2 aliphatic heterocycles. The van der Waals surface area contributed by atoms with E-state index in [1.165, 1.54) is 0 Å². The highest BCUT2D eigenvalue weighted by Gasteiger charge is 2.35. The van der Waals surface area contributed by atoms with E-state index in [1.807, 2.05) is 42.3 Å². The number of carboxylic acid groups (broad SMARTS) is 2. The molecule has 1 aromatic carbocycles. The highest BCUT2D eigenvalue weighted by Crippen LogP contribution is 2.38. The molecule has 2 aliphatic rings. The number of thiazole rings is 1. The van der Waals surface area contributed by atoms with Gasteiger partial charge >= 0.3 is 11.9 Å². The number of anilines is 1. The molecule has 9 nitrogen and oxygen atoms in total. The number of hydrogen-bond donors (Lipinski definition) is 2. The van der Waals surface area contributed by atoms with Crippen LogP contribution in [-0.2, 0) is 20.9 Å². The molecule has 4 rings (SSSR count). The van der Waals surface area contributed by atoms with Gasteiger partial charge in [0.15, 0.2) is 0 Å². The molecule has 2 N–H and O–H groups in total. The maximum atomic E-state index is 13.3. The monoisotopic (exact) mass is 549 g/mol. The van der Waals surface area contributed by atoms with E-state index in [1.54, 1.807) is 18.7 Å². The normalized spacial score (nSPS) is 19.3. The maximum Gasteiger partial charge on any atom is 0.323 e. The van der Waals surface area contributed by atoms with Crippen LogP contribution < -0.4 is 19.7 Å². The fourth-order valence-corrected chi connectivity index (χ4v) is 7.25. The first kappa shape index (κ1) is 25.2. The third-order valence-corrected chi connectivity index (χ3v) is 9.27. The van der Waals surface area contributed by atoms with Crippen molar-refractivity contribution < 1.29 is 24.6 Å². The molecule has 0 unspecified atom stereocenters. The van der Waals surface area contributed by atoms with E-state index >= 15 is 0 Å². The van der Waals surface area contributed by atoms with Gasteiger partial charge in [-0.05, 0) is 30.7 Å². The topological polar surface area (TPSA) is 120 Å². The van der Waals surface area contributed by atoms with Gasteiger partial charge in [-0.3, -0.25) is 28.6 Å². The highest BCUT2D eigenvalue weighted by atomic mass is 32.2. The number of carbonyl (C=O) groups excluding carboxylic acids is 1. The minimum absolute atomic E-state index is 0.0408. The third kappa shape index (κ3) is 4.94. The van der Waals surface area contributed by atoms with E-state index in [4.69, 9.17) is 17.3 Å². The number of aromatic nitrogens is 1. The Morgan fingerprint density at radius 2 is 1.83 bits per heavy atom. The molecule has 1 fully saturated rings. The number of fused-ring (bicyclic) bond motifs is 1. The number of thioether (sulfide) groups is 2. The van der Waals surface area contributed by atoms with Gasteiger partial charge in [-0.15, -0.1) is 23.1 Å². The van der Waals surface area contributed by atoms with Crippen LogP contribution >= 0.6 is 47.1 Å². The van der Waals surface area contributed by atoms with Crippen LogP contribution in [0.5, 0.6) is 0 Å². The number of nitrogens with zero attached hydrogens (tertiary/aromatic N) is 3. The first-order chi connectivity index (χ1) is 16.6. The van der Waals surface area contributed by atoms with E-state index in [-0.39, 0.29) is 13.9 Å². The second-order valence-electron chi connectivity index (χ2n) is 7.64. The van der Waals surface area contributed by atoms with Crippen LogP contribution in [0.2, 0.25) is 0 Å². The number of carbonyl (C=O) groups is 3. The third-order valence-electron chi connectivity index (χ3n) is 5.29. The van der Waals surface area contributed by atoms with E-state index in [2.05, 4.69) is 0 Å². The van der Waals surface area contributed by atoms with Crippen LogP contribution in [0.3, 0.4) is 0 Å². The minimum Gasteiger partial charge on any atom is -0.480 e. The lowest BCUT2D eigenvalue weighted by atomic mass is 10.2. The fraction of sp³-hybridized carbons (Fsp3) is 0.227. The Kier molecular flexibility index (Phi) is 7.22. The van der Waals surface area contributed by atoms with Gasteiger partial charge in [0.25, 0.3) is 11.5 Å². The summed E-state index contributed by atoms with van der Waals surface area (Å²) in [6.45, 7) is 0.517. The summed E-state index contributed by atoms with van der Waals surface area (Å²) in [5.74, 6) is -2.44. The highest BCUT2D eigenvalue weighted by molar-refractivity contribution is 8.30. The number of thiocarbonyl (C=S) groups is 1. The number of aliphatic carboxylic acids is 2. The Bertz CT molecular complexity index is 1490. The molecule has 0 bridgehead atoms. The van der Waals surface area contributed by atoms with Crippen LogP contribution in [-0.4, -0.2) is 61.2 Å². The Hall–Kier alpha value is -2.87. The summed E-state index contributed by atoms with van der Waals surface area (Å²) in [7, 11) is 1.95. The summed E-state index contributed by atoms with van der Waals surface area (Å²) in [6.07, 6.45) is 1.89. The standard InChI is InChI=1S/C22H19N3O6S4/c1-11(7-12-10-33-14-6-4-3-5-13(14)23(12)2)17-19(30)24(8-15(26)27)21(34-17)18-20(31)25(9-16(28)29)22(32)35-18/h3-7H,8-10H2,1-2H3,(H,26,27)(H,28,29)/b12-7+,17-11+,21-18-. The van der Waals surface area contributed by atoms with Crippen molar-refractivity contribution >= 4 is 85.4 Å². The molecule has 3 heterocycles. The van der Waals surface area contributed by atoms with Crippen LogP contribution in [0.15, 0.2) is 45.7 Å². The Balaban J connectivity index is 1.87. The average Bonchev–Trinajstić information content (AvgIpc) is 3.26. The van der Waals surface area contributed by atoms with Gasteiger partial charge in [-0.25, -0.2) is 0 Å². The summed E-state index contributed by atoms with van der Waals surface area (Å²) in [5.41, 5.74) is 2.12. The molecule has 0 spiro atoms. The predicted molar refractivity (Wildman–Crippen MR) is 141 cm³/mol. The molecule has 13 heteroatoms. The molecular formula is C22H19N3O6S4. The molecule has 0 radical (unpaired) electrons. The fourth-order valence-electron chi connectivity index (χ4n) is 3.62. The number of benzene rings is 1. The summed E-state index contributed by atoms with van der Waals surface area (Å²) in [5, 5.41) is 18.5. The van der Waals surface area contributed by atoms with Crippen molar-refractivity contribution in [1.82, 2.24) is 9.47 Å². The van der Waals surface area contributed by atoms with Gasteiger partial charge in [0, 0.05) is 23.4 Å². The van der Waals surface area contributed by atoms with Crippen molar-refractivity contribution in [3.05, 3.63) is 55.6 Å². The van der Waals surface area contributed by atoms with Gasteiger partial charge in [0.1, 0.15) is 27.0 Å². The molecule has 182 valence electrons. The molecular weight excluding hydrogens is 531 g/mol. The van der Waals surface area contributed by atoms with Crippen molar-refractivity contribution in [3.8, 4) is 0 Å². The van der Waals surface area contributed by atoms with Crippen LogP contribution in [0.4, 0.5) is 5.69 Å². The largest absolute Gasteiger partial charge is 0.480 e. The van der Waals surface area contributed by atoms with Gasteiger partial charge in [-0.2, -0.15) is 0 Å². The molecule has 1 saturated heterocycles. The van der Waals surface area contributed by atoms with Crippen molar-refractivity contribution in [2.24, 2.45) is 0 Å². The first-order valence-corrected chi connectivity index (χ1v) is 13.2. The number of amides is 1. The lowest BCUT2D eigenvalue weighted by molar-refractivity contribution is -0.140. The lowest BCUT2D eigenvalue weighted by Crippen LogP contribution is -2.37. The summed E-state index contributed by atoms with van der Waals surface area (Å²) >= 11 is 8.70. The van der Waals surface area contributed by atoms with E-state index in [9.17, 15) is 24.3 Å². The number of allylic oxidation sites excluding steroid dienone is 1. The molecule has 1 aromatic heterocycles. The number of carboxylic acids is 2. The Labute approximate surface area is 217 Å². The number of para-hydroxylation sites is 1. The Morgan fingerprint density at radius 1 is 1.14 bits per heavy atom. The zero-order valence-corrected chi connectivity index (χ0v) is 21.8. The van der Waals surface area contributed by atoms with Crippen LogP contribution in [0.25, 0.3) is 10.5 Å². The second kappa shape index (κ2) is 10.0. The predicted octanol–water partition coefficient (Wildman–Crippen LogP) is 1.34. The summed E-state index contributed by atoms with van der Waals surface area (Å²) in [4.78, 5) is 53.0. The van der Waals surface area contributed by atoms with E-state index in [0.717, 1.165) is 48.8 Å². The first-order valence-electron chi connectivity index (χ1n) is 10.2. The van der Waals surface area contributed by atoms with Crippen molar-refractivity contribution in [3.63, 3.8) is 0 Å². The summed E-state index contributed by atoms with van der Waals surface area (Å²) < 4.78 is 1.52. The zero-order valence-electron chi connectivity index (χ0n) is 18.5. The Morgan fingerprint density at radius 3 is 2.51 bits per heavy atom. The molecule has 1 amide bonds. The molecule has 0 aliphatic carbocycles. The van der Waals surface area contributed by atoms with Crippen molar-refractivity contribution in [2.75, 3.05) is 24.2 Å². The smallest absolute Gasteiger partial charge is 0.323 e. The zero-order chi connectivity index (χ0) is 25.4. The van der Waals surface area contributed by atoms with E-state index < -0.39 is 36.5 Å². The molecule has 35 heavy (non-hydrogen) atoms. The second-order valence-corrected chi connectivity index (χ2v) is 11.3. The molecule has 0 atom stereocenters. The van der Waals surface area contributed by atoms with Gasteiger partial charge in [0.05, 0.1) is 10.2 Å². The number of hydrogen-bond acceptors (Lipinski definition) is 9. The van der Waals surface area contributed by atoms with Crippen LogP contribution in [0, 0.1) is 0 Å². The van der Waals surface area contributed by atoms with Gasteiger partial charge in [0.2, 0.25) is 0 Å². The quantitative estimate of drug-likeness (QED) is 0.529. The lowest BCUT2D eigenvalue weighted by Gasteiger charge is -2.29.